The Morgan fingerprint density at radius 2 is 2.36 bits per heavy atom. The molecule has 1 amide bonds. The first-order valence-corrected chi connectivity index (χ1v) is 5.76. The number of amides is 1. The first-order chi connectivity index (χ1) is 6.74. The van der Waals surface area contributed by atoms with Crippen molar-refractivity contribution in [2.75, 3.05) is 24.3 Å². The molecule has 0 aromatic heterocycles. The van der Waals surface area contributed by atoms with Gasteiger partial charge in [-0.25, -0.2) is 0 Å². The topological polar surface area (TPSA) is 55.1 Å². The Morgan fingerprint density at radius 3 is 3.00 bits per heavy atom. The van der Waals surface area contributed by atoms with E-state index in [9.17, 15) is 4.79 Å². The summed E-state index contributed by atoms with van der Waals surface area (Å²) in [4.78, 5) is 11.5. The van der Waals surface area contributed by atoms with Crippen LogP contribution in [0, 0.1) is 0 Å². The van der Waals surface area contributed by atoms with Crippen LogP contribution in [0.1, 0.15) is 10.4 Å². The SMILES string of the molecule is CSCCNC(=O)c1cccc(N)c1. The van der Waals surface area contributed by atoms with Gasteiger partial charge in [-0.05, 0) is 24.5 Å². The molecular weight excluding hydrogens is 196 g/mol. The molecule has 0 saturated carbocycles. The molecule has 0 spiro atoms. The zero-order chi connectivity index (χ0) is 10.4. The average Bonchev–Trinajstić information content (AvgIpc) is 2.18. The van der Waals surface area contributed by atoms with E-state index < -0.39 is 0 Å². The Labute approximate surface area is 88.1 Å². The third-order valence-corrected chi connectivity index (χ3v) is 2.35. The van der Waals surface area contributed by atoms with Crippen molar-refractivity contribution in [3.63, 3.8) is 0 Å². The van der Waals surface area contributed by atoms with Crippen LogP contribution in [0.5, 0.6) is 0 Å². The summed E-state index contributed by atoms with van der Waals surface area (Å²) in [7, 11) is 0. The first kappa shape index (κ1) is 10.9. The second kappa shape index (κ2) is 5.54. The lowest BCUT2D eigenvalue weighted by molar-refractivity contribution is 0.0956. The van der Waals surface area contributed by atoms with Crippen molar-refractivity contribution >= 4 is 23.4 Å². The number of anilines is 1. The van der Waals surface area contributed by atoms with E-state index in [1.165, 1.54) is 0 Å². The van der Waals surface area contributed by atoms with Crippen LogP contribution in [0.25, 0.3) is 0 Å². The van der Waals surface area contributed by atoms with Crippen LogP contribution in [0.4, 0.5) is 5.69 Å². The summed E-state index contributed by atoms with van der Waals surface area (Å²) in [5.74, 6) is 0.861. The van der Waals surface area contributed by atoms with Gasteiger partial charge >= 0.3 is 0 Å². The standard InChI is InChI=1S/C10H14N2OS/c1-14-6-5-12-10(13)8-3-2-4-9(11)7-8/h2-4,7H,5-6,11H2,1H3,(H,12,13). The fourth-order valence-corrected chi connectivity index (χ4v) is 1.35. The third-order valence-electron chi connectivity index (χ3n) is 1.74. The molecule has 1 rings (SSSR count). The number of nitrogens with two attached hydrogens (primary N) is 1. The summed E-state index contributed by atoms with van der Waals surface area (Å²) < 4.78 is 0. The molecule has 0 unspecified atom stereocenters. The second-order valence-electron chi connectivity index (χ2n) is 2.87. The summed E-state index contributed by atoms with van der Waals surface area (Å²) >= 11 is 1.70. The molecule has 1 aromatic carbocycles. The number of nitrogens with one attached hydrogen (secondary N) is 1. The normalized spacial score (nSPS) is 9.79. The van der Waals surface area contributed by atoms with Gasteiger partial charge in [0.05, 0.1) is 0 Å². The molecule has 0 bridgehead atoms. The van der Waals surface area contributed by atoms with Crippen molar-refractivity contribution in [2.24, 2.45) is 0 Å². The number of carbonyl (C=O) groups is 1. The Hall–Kier alpha value is -1.16. The molecule has 0 aliphatic rings. The van der Waals surface area contributed by atoms with E-state index in [4.69, 9.17) is 5.73 Å². The number of nitrogen functional groups attached to an aromatic ring is 1. The monoisotopic (exact) mass is 210 g/mol. The van der Waals surface area contributed by atoms with Crippen LogP contribution in [-0.4, -0.2) is 24.5 Å². The molecule has 14 heavy (non-hydrogen) atoms. The number of benzene rings is 1. The van der Waals surface area contributed by atoms with Gasteiger partial charge in [0, 0.05) is 23.5 Å². The van der Waals surface area contributed by atoms with Crippen LogP contribution in [-0.2, 0) is 0 Å². The van der Waals surface area contributed by atoms with Crippen LogP contribution in [0.3, 0.4) is 0 Å². The molecule has 0 saturated heterocycles. The molecule has 76 valence electrons. The summed E-state index contributed by atoms with van der Waals surface area (Å²) in [6.45, 7) is 0.689. The number of hydrogen-bond donors (Lipinski definition) is 2. The molecule has 0 atom stereocenters. The molecule has 3 nitrogen and oxygen atoms in total. The van der Waals surface area contributed by atoms with Gasteiger partial charge in [0.1, 0.15) is 0 Å². The van der Waals surface area contributed by atoms with Crippen LogP contribution >= 0.6 is 11.8 Å². The lowest BCUT2D eigenvalue weighted by Crippen LogP contribution is -2.25. The maximum atomic E-state index is 11.5. The fraction of sp³-hybridized carbons (Fsp3) is 0.300. The van der Waals surface area contributed by atoms with Crippen LogP contribution < -0.4 is 11.1 Å². The summed E-state index contributed by atoms with van der Waals surface area (Å²) in [6.07, 6.45) is 2.01. The molecule has 0 aliphatic heterocycles. The number of rotatable bonds is 4. The van der Waals surface area contributed by atoms with Gasteiger partial charge in [-0.3, -0.25) is 4.79 Å². The van der Waals surface area contributed by atoms with Gasteiger partial charge in [0.25, 0.3) is 5.91 Å². The number of carbonyl (C=O) groups excluding carboxylic acids is 1. The predicted molar refractivity (Wildman–Crippen MR) is 61.6 cm³/mol. The highest BCUT2D eigenvalue weighted by Gasteiger charge is 2.03. The van der Waals surface area contributed by atoms with E-state index in [1.54, 1.807) is 36.0 Å². The highest BCUT2D eigenvalue weighted by molar-refractivity contribution is 7.98. The van der Waals surface area contributed by atoms with E-state index >= 15 is 0 Å². The van der Waals surface area contributed by atoms with Crippen molar-refractivity contribution in [3.8, 4) is 0 Å². The van der Waals surface area contributed by atoms with Gasteiger partial charge in [-0.15, -0.1) is 0 Å². The predicted octanol–water partition coefficient (Wildman–Crippen LogP) is 1.36. The van der Waals surface area contributed by atoms with Gasteiger partial charge in [-0.1, -0.05) is 6.07 Å². The Morgan fingerprint density at radius 1 is 1.57 bits per heavy atom. The average molecular weight is 210 g/mol. The lowest BCUT2D eigenvalue weighted by atomic mass is 10.2. The van der Waals surface area contributed by atoms with E-state index in [-0.39, 0.29) is 5.91 Å². The molecule has 0 heterocycles. The summed E-state index contributed by atoms with van der Waals surface area (Å²) in [5.41, 5.74) is 6.80. The number of hydrogen-bond acceptors (Lipinski definition) is 3. The van der Waals surface area contributed by atoms with E-state index in [1.807, 2.05) is 6.26 Å². The smallest absolute Gasteiger partial charge is 0.251 e. The largest absolute Gasteiger partial charge is 0.399 e. The fourth-order valence-electron chi connectivity index (χ4n) is 1.05. The van der Waals surface area contributed by atoms with Crippen LogP contribution in [0.2, 0.25) is 0 Å². The van der Waals surface area contributed by atoms with Crippen molar-refractivity contribution in [3.05, 3.63) is 29.8 Å². The van der Waals surface area contributed by atoms with E-state index in [0.717, 1.165) is 5.75 Å². The molecule has 0 aliphatic carbocycles. The molecule has 3 N–H and O–H groups in total. The Kier molecular flexibility index (Phi) is 4.32. The zero-order valence-corrected chi connectivity index (χ0v) is 8.93. The molecule has 4 heteroatoms. The maximum Gasteiger partial charge on any atom is 0.251 e. The minimum atomic E-state index is -0.0636. The third kappa shape index (κ3) is 3.30. The van der Waals surface area contributed by atoms with Crippen molar-refractivity contribution in [2.45, 2.75) is 0 Å². The minimum absolute atomic E-state index is 0.0636. The second-order valence-corrected chi connectivity index (χ2v) is 3.86. The van der Waals surface area contributed by atoms with Gasteiger partial charge in [0.15, 0.2) is 0 Å². The quantitative estimate of drug-likeness (QED) is 0.583. The summed E-state index contributed by atoms with van der Waals surface area (Å²) in [6, 6.07) is 6.97. The van der Waals surface area contributed by atoms with Gasteiger partial charge < -0.3 is 11.1 Å². The van der Waals surface area contributed by atoms with Gasteiger partial charge in [-0.2, -0.15) is 11.8 Å². The van der Waals surface area contributed by atoms with E-state index in [0.29, 0.717) is 17.8 Å². The molecule has 1 aromatic rings. The molecular formula is C10H14N2OS. The highest BCUT2D eigenvalue weighted by atomic mass is 32.2. The molecule has 0 fully saturated rings. The number of thioether (sulfide) groups is 1. The Balaban J connectivity index is 2.52. The van der Waals surface area contributed by atoms with Gasteiger partial charge in [0.2, 0.25) is 0 Å². The van der Waals surface area contributed by atoms with Crippen LogP contribution in [0.15, 0.2) is 24.3 Å². The minimum Gasteiger partial charge on any atom is -0.399 e. The summed E-state index contributed by atoms with van der Waals surface area (Å²) in [5, 5.41) is 2.81. The Bertz CT molecular complexity index is 315. The van der Waals surface area contributed by atoms with Crippen molar-refractivity contribution in [1.82, 2.24) is 5.32 Å². The van der Waals surface area contributed by atoms with Crippen molar-refractivity contribution in [1.29, 1.82) is 0 Å². The van der Waals surface area contributed by atoms with E-state index in [2.05, 4.69) is 5.32 Å². The molecule has 0 radical (unpaired) electrons. The lowest BCUT2D eigenvalue weighted by Gasteiger charge is -2.04. The zero-order valence-electron chi connectivity index (χ0n) is 8.12. The first-order valence-electron chi connectivity index (χ1n) is 4.36. The van der Waals surface area contributed by atoms with Crippen molar-refractivity contribution < 1.29 is 4.79 Å². The highest BCUT2D eigenvalue weighted by Crippen LogP contribution is 2.05. The maximum absolute atomic E-state index is 11.5.